The molecule has 2 unspecified atom stereocenters. The summed E-state index contributed by atoms with van der Waals surface area (Å²) in [6.07, 6.45) is 0.611. The van der Waals surface area contributed by atoms with E-state index in [1.165, 1.54) is 0 Å². The van der Waals surface area contributed by atoms with Crippen LogP contribution in [0.15, 0.2) is 60.7 Å². The van der Waals surface area contributed by atoms with E-state index in [1.54, 1.807) is 53.4 Å². The molecule has 5 heteroatoms. The lowest BCUT2D eigenvalue weighted by Gasteiger charge is -2.38. The first-order valence-electron chi connectivity index (χ1n) is 8.43. The van der Waals surface area contributed by atoms with E-state index >= 15 is 0 Å². The van der Waals surface area contributed by atoms with Crippen molar-refractivity contribution in [3.8, 4) is 0 Å². The molecule has 0 aromatic heterocycles. The molecule has 1 amide bonds. The second-order valence-corrected chi connectivity index (χ2v) is 6.11. The highest BCUT2D eigenvalue weighted by Gasteiger charge is 2.34. The van der Waals surface area contributed by atoms with Gasteiger partial charge in [-0.05, 0) is 37.1 Å². The number of amides is 1. The first-order valence-corrected chi connectivity index (χ1v) is 8.43. The van der Waals surface area contributed by atoms with Gasteiger partial charge in [-0.1, -0.05) is 36.4 Å². The van der Waals surface area contributed by atoms with Gasteiger partial charge in [0.1, 0.15) is 6.61 Å². The Kier molecular flexibility index (Phi) is 5.46. The molecule has 5 nitrogen and oxygen atoms in total. The Hall–Kier alpha value is -2.66. The summed E-state index contributed by atoms with van der Waals surface area (Å²) in [5, 5.41) is 10.3. The molecule has 2 aromatic rings. The SMILES string of the molecule is O=C(OCC1C(O)CCCN1C(=O)c1ccccc1)c1ccccc1. The van der Waals surface area contributed by atoms with Crippen LogP contribution in [0.3, 0.4) is 0 Å². The van der Waals surface area contributed by atoms with E-state index in [0.29, 0.717) is 24.1 Å². The zero-order chi connectivity index (χ0) is 17.6. The molecule has 0 aliphatic carbocycles. The summed E-state index contributed by atoms with van der Waals surface area (Å²) < 4.78 is 5.36. The van der Waals surface area contributed by atoms with Gasteiger partial charge in [0.15, 0.2) is 0 Å². The van der Waals surface area contributed by atoms with Crippen molar-refractivity contribution < 1.29 is 19.4 Å². The maximum atomic E-state index is 12.7. The van der Waals surface area contributed by atoms with Crippen molar-refractivity contribution in [1.82, 2.24) is 4.90 Å². The average molecular weight is 339 g/mol. The fraction of sp³-hybridized carbons (Fsp3) is 0.300. The van der Waals surface area contributed by atoms with Crippen LogP contribution in [-0.4, -0.2) is 47.2 Å². The molecule has 3 rings (SSSR count). The fourth-order valence-electron chi connectivity index (χ4n) is 3.06. The van der Waals surface area contributed by atoms with Gasteiger partial charge in [0, 0.05) is 12.1 Å². The van der Waals surface area contributed by atoms with Crippen molar-refractivity contribution >= 4 is 11.9 Å². The number of hydrogen-bond acceptors (Lipinski definition) is 4. The van der Waals surface area contributed by atoms with Crippen LogP contribution in [-0.2, 0) is 4.74 Å². The minimum absolute atomic E-state index is 0.0204. The van der Waals surface area contributed by atoms with Crippen LogP contribution in [0.2, 0.25) is 0 Å². The minimum atomic E-state index is -0.704. The van der Waals surface area contributed by atoms with E-state index < -0.39 is 18.1 Å². The van der Waals surface area contributed by atoms with Crippen LogP contribution in [0.4, 0.5) is 0 Å². The van der Waals surface area contributed by atoms with Gasteiger partial charge in [0.05, 0.1) is 17.7 Å². The molecule has 0 saturated carbocycles. The Morgan fingerprint density at radius 2 is 1.60 bits per heavy atom. The van der Waals surface area contributed by atoms with Crippen molar-refractivity contribution in [2.75, 3.05) is 13.2 Å². The van der Waals surface area contributed by atoms with Gasteiger partial charge in [0.2, 0.25) is 0 Å². The summed E-state index contributed by atoms with van der Waals surface area (Å²) in [6, 6.07) is 17.1. The van der Waals surface area contributed by atoms with Gasteiger partial charge >= 0.3 is 5.97 Å². The topological polar surface area (TPSA) is 66.8 Å². The van der Waals surface area contributed by atoms with Crippen LogP contribution < -0.4 is 0 Å². The first-order chi connectivity index (χ1) is 12.2. The maximum absolute atomic E-state index is 12.7. The third-order valence-corrected chi connectivity index (χ3v) is 4.42. The lowest BCUT2D eigenvalue weighted by Crippen LogP contribution is -2.53. The highest BCUT2D eigenvalue weighted by Crippen LogP contribution is 2.21. The molecule has 25 heavy (non-hydrogen) atoms. The second-order valence-electron chi connectivity index (χ2n) is 6.11. The summed E-state index contributed by atoms with van der Waals surface area (Å²) >= 11 is 0. The quantitative estimate of drug-likeness (QED) is 0.869. The zero-order valence-corrected chi connectivity index (χ0v) is 13.9. The summed E-state index contributed by atoms with van der Waals surface area (Å²) in [4.78, 5) is 26.5. The number of esters is 1. The van der Waals surface area contributed by atoms with E-state index in [0.717, 1.165) is 6.42 Å². The number of aliphatic hydroxyl groups is 1. The number of nitrogens with zero attached hydrogens (tertiary/aromatic N) is 1. The van der Waals surface area contributed by atoms with Crippen molar-refractivity contribution in [2.45, 2.75) is 25.0 Å². The largest absolute Gasteiger partial charge is 0.460 e. The number of hydrogen-bond donors (Lipinski definition) is 1. The smallest absolute Gasteiger partial charge is 0.338 e. The van der Waals surface area contributed by atoms with Crippen LogP contribution in [0.5, 0.6) is 0 Å². The first kappa shape index (κ1) is 17.2. The molecule has 1 aliphatic heterocycles. The highest BCUT2D eigenvalue weighted by molar-refractivity contribution is 5.94. The summed E-state index contributed by atoms with van der Waals surface area (Å²) in [5.41, 5.74) is 1.02. The minimum Gasteiger partial charge on any atom is -0.460 e. The normalized spacial score (nSPS) is 20.1. The molecule has 0 bridgehead atoms. The third kappa shape index (κ3) is 4.06. The average Bonchev–Trinajstić information content (AvgIpc) is 2.67. The Balaban J connectivity index is 1.70. The lowest BCUT2D eigenvalue weighted by molar-refractivity contribution is -0.0196. The fourth-order valence-corrected chi connectivity index (χ4v) is 3.06. The van der Waals surface area contributed by atoms with Crippen molar-refractivity contribution in [2.24, 2.45) is 0 Å². The molecule has 1 saturated heterocycles. The molecule has 2 atom stereocenters. The summed E-state index contributed by atoms with van der Waals surface area (Å²) in [7, 11) is 0. The van der Waals surface area contributed by atoms with E-state index in [1.807, 2.05) is 12.1 Å². The molecule has 2 aromatic carbocycles. The van der Waals surface area contributed by atoms with Crippen LogP contribution in [0, 0.1) is 0 Å². The number of aliphatic hydroxyl groups excluding tert-OH is 1. The van der Waals surface area contributed by atoms with E-state index in [-0.39, 0.29) is 12.5 Å². The number of ether oxygens (including phenoxy) is 1. The van der Waals surface area contributed by atoms with Gasteiger partial charge in [-0.3, -0.25) is 4.79 Å². The van der Waals surface area contributed by atoms with Crippen LogP contribution in [0.25, 0.3) is 0 Å². The number of rotatable bonds is 4. The highest BCUT2D eigenvalue weighted by atomic mass is 16.5. The molecule has 130 valence electrons. The molecule has 1 fully saturated rings. The lowest BCUT2D eigenvalue weighted by atomic mass is 9.98. The van der Waals surface area contributed by atoms with Gasteiger partial charge in [-0.2, -0.15) is 0 Å². The van der Waals surface area contributed by atoms with Gasteiger partial charge < -0.3 is 14.7 Å². The number of piperidine rings is 1. The number of likely N-dealkylation sites (tertiary alicyclic amines) is 1. The Labute approximate surface area is 146 Å². The Bertz CT molecular complexity index is 717. The standard InChI is InChI=1S/C20H21NO4/c22-18-12-7-13-21(19(23)15-8-3-1-4-9-15)17(18)14-25-20(24)16-10-5-2-6-11-16/h1-6,8-11,17-18,22H,7,12-14H2. The molecular weight excluding hydrogens is 318 g/mol. The second kappa shape index (κ2) is 7.94. The van der Waals surface area contributed by atoms with Crippen molar-refractivity contribution in [1.29, 1.82) is 0 Å². The van der Waals surface area contributed by atoms with Crippen molar-refractivity contribution in [3.63, 3.8) is 0 Å². The van der Waals surface area contributed by atoms with Gasteiger partial charge in [-0.15, -0.1) is 0 Å². The molecule has 0 spiro atoms. The molecular formula is C20H21NO4. The van der Waals surface area contributed by atoms with Crippen LogP contribution in [0.1, 0.15) is 33.6 Å². The zero-order valence-electron chi connectivity index (χ0n) is 13.9. The van der Waals surface area contributed by atoms with E-state index in [2.05, 4.69) is 0 Å². The number of benzene rings is 2. The Morgan fingerprint density at radius 3 is 2.24 bits per heavy atom. The van der Waals surface area contributed by atoms with Crippen molar-refractivity contribution in [3.05, 3.63) is 71.8 Å². The third-order valence-electron chi connectivity index (χ3n) is 4.42. The summed E-state index contributed by atoms with van der Waals surface area (Å²) in [6.45, 7) is 0.520. The van der Waals surface area contributed by atoms with E-state index in [9.17, 15) is 14.7 Å². The molecule has 0 radical (unpaired) electrons. The monoisotopic (exact) mass is 339 g/mol. The predicted octanol–water partition coefficient (Wildman–Crippen LogP) is 2.51. The number of carbonyl (C=O) groups is 2. The number of carbonyl (C=O) groups excluding carboxylic acids is 2. The van der Waals surface area contributed by atoms with E-state index in [4.69, 9.17) is 4.74 Å². The van der Waals surface area contributed by atoms with Gasteiger partial charge in [-0.25, -0.2) is 4.79 Å². The predicted molar refractivity (Wildman–Crippen MR) is 93.2 cm³/mol. The van der Waals surface area contributed by atoms with Crippen LogP contribution >= 0.6 is 0 Å². The Morgan fingerprint density at radius 1 is 1.00 bits per heavy atom. The molecule has 1 N–H and O–H groups in total. The summed E-state index contributed by atoms with van der Waals surface area (Å²) in [5.74, 6) is -0.606. The van der Waals surface area contributed by atoms with Gasteiger partial charge in [0.25, 0.3) is 5.91 Å². The molecule has 1 heterocycles. The maximum Gasteiger partial charge on any atom is 0.338 e. The molecule has 1 aliphatic rings.